The first-order chi connectivity index (χ1) is 9.11. The minimum atomic E-state index is -3.78. The van der Waals surface area contributed by atoms with E-state index in [1.54, 1.807) is 54.6 Å². The number of carbonyl (C=O) groups excluding carboxylic acids is 1. The molecular weight excluding hydrogens is 264 g/mol. The van der Waals surface area contributed by atoms with Gasteiger partial charge in [-0.05, 0) is 17.7 Å². The number of carbonyl (C=O) groups is 1. The van der Waals surface area contributed by atoms with Gasteiger partial charge in [-0.1, -0.05) is 42.5 Å². The topological polar surface area (TPSA) is 60.4 Å². The predicted molar refractivity (Wildman–Crippen MR) is 71.5 cm³/mol. The van der Waals surface area contributed by atoms with Crippen molar-refractivity contribution in [1.82, 2.24) is 0 Å². The van der Waals surface area contributed by atoms with Gasteiger partial charge in [0.1, 0.15) is 17.8 Å². The molecule has 2 rings (SSSR count). The Morgan fingerprint density at radius 1 is 0.947 bits per heavy atom. The molecule has 0 amide bonds. The molecule has 0 N–H and O–H groups in total. The molecule has 0 radical (unpaired) electrons. The van der Waals surface area contributed by atoms with E-state index in [-0.39, 0.29) is 11.5 Å². The summed E-state index contributed by atoms with van der Waals surface area (Å²) in [4.78, 5) is 10.8. The van der Waals surface area contributed by atoms with Crippen LogP contribution in [0, 0.1) is 0 Å². The Labute approximate surface area is 111 Å². The van der Waals surface area contributed by atoms with Crippen molar-refractivity contribution >= 4 is 16.4 Å². The van der Waals surface area contributed by atoms with E-state index in [2.05, 4.69) is 0 Å². The van der Waals surface area contributed by atoms with Crippen molar-refractivity contribution in [3.63, 3.8) is 0 Å². The maximum Gasteiger partial charge on any atom is 0.313 e. The molecule has 0 saturated heterocycles. The van der Waals surface area contributed by atoms with Crippen LogP contribution in [-0.4, -0.2) is 14.7 Å². The van der Waals surface area contributed by atoms with E-state index in [0.717, 1.165) is 0 Å². The molecule has 0 atom stereocenters. The van der Waals surface area contributed by atoms with E-state index in [9.17, 15) is 13.2 Å². The minimum absolute atomic E-state index is 0.256. The van der Waals surface area contributed by atoms with Gasteiger partial charge in [-0.3, -0.25) is 4.79 Å². The van der Waals surface area contributed by atoms with Crippen molar-refractivity contribution in [2.24, 2.45) is 0 Å². The smallest absolute Gasteiger partial charge is 0.313 e. The lowest BCUT2D eigenvalue weighted by Crippen LogP contribution is -2.13. The Bertz CT molecular complexity index is 663. The van der Waals surface area contributed by atoms with E-state index >= 15 is 0 Å². The normalized spacial score (nSPS) is 10.9. The van der Waals surface area contributed by atoms with Crippen LogP contribution < -0.4 is 4.18 Å². The highest BCUT2D eigenvalue weighted by Gasteiger charge is 2.16. The zero-order valence-electron chi connectivity index (χ0n) is 10.0. The Morgan fingerprint density at radius 3 is 2.26 bits per heavy atom. The molecule has 0 bridgehead atoms. The lowest BCUT2D eigenvalue weighted by atomic mass is 10.1. The predicted octanol–water partition coefficient (Wildman–Crippen LogP) is 2.41. The van der Waals surface area contributed by atoms with Gasteiger partial charge in [0.25, 0.3) is 0 Å². The Kier molecular flexibility index (Phi) is 3.97. The number of rotatable bonds is 5. The maximum absolute atomic E-state index is 11.9. The average Bonchev–Trinajstić information content (AvgIpc) is 2.39. The molecule has 2 aromatic rings. The van der Waals surface area contributed by atoms with Gasteiger partial charge in [-0.2, -0.15) is 8.42 Å². The Morgan fingerprint density at radius 2 is 1.58 bits per heavy atom. The molecule has 2 aromatic carbocycles. The monoisotopic (exact) mass is 276 g/mol. The minimum Gasteiger partial charge on any atom is -0.382 e. The van der Waals surface area contributed by atoms with Crippen LogP contribution in [-0.2, 0) is 15.9 Å². The second-order valence-corrected chi connectivity index (χ2v) is 5.49. The van der Waals surface area contributed by atoms with Gasteiger partial charge in [-0.15, -0.1) is 0 Å². The largest absolute Gasteiger partial charge is 0.382 e. The molecule has 0 unspecified atom stereocenters. The molecule has 5 heteroatoms. The summed E-state index contributed by atoms with van der Waals surface area (Å²) in [5.74, 6) is -0.0809. The summed E-state index contributed by atoms with van der Waals surface area (Å²) in [5, 5.41) is 0. The van der Waals surface area contributed by atoms with Crippen LogP contribution in [0.4, 0.5) is 0 Å². The molecule has 4 nitrogen and oxygen atoms in total. The van der Waals surface area contributed by atoms with Gasteiger partial charge >= 0.3 is 10.1 Å². The third-order valence-electron chi connectivity index (χ3n) is 2.48. The van der Waals surface area contributed by atoms with Crippen LogP contribution >= 0.6 is 0 Å². The summed E-state index contributed by atoms with van der Waals surface area (Å²) in [5.41, 5.74) is 0.774. The van der Waals surface area contributed by atoms with Crippen molar-refractivity contribution in [2.75, 3.05) is 0 Å². The van der Waals surface area contributed by atoms with Crippen LogP contribution in [0.3, 0.4) is 0 Å². The zero-order valence-corrected chi connectivity index (χ0v) is 10.8. The van der Waals surface area contributed by atoms with E-state index in [4.69, 9.17) is 4.18 Å². The summed E-state index contributed by atoms with van der Waals surface area (Å²) in [6.07, 6.45) is 0.632. The number of aldehydes is 1. The van der Waals surface area contributed by atoms with Crippen LogP contribution in [0.25, 0.3) is 0 Å². The van der Waals surface area contributed by atoms with Crippen LogP contribution in [0.5, 0.6) is 5.75 Å². The van der Waals surface area contributed by atoms with Gasteiger partial charge < -0.3 is 4.18 Å². The molecule has 0 aliphatic heterocycles. The standard InChI is InChI=1S/C14H12O4S/c15-10-12-6-4-5-7-13(12)11-19(16,17)18-14-8-2-1-3-9-14/h1-10H,11H2. The molecule has 0 aliphatic carbocycles. The summed E-state index contributed by atoms with van der Waals surface area (Å²) < 4.78 is 28.8. The Balaban J connectivity index is 2.20. The van der Waals surface area contributed by atoms with Crippen molar-refractivity contribution in [2.45, 2.75) is 5.75 Å². The maximum atomic E-state index is 11.9. The highest BCUT2D eigenvalue weighted by Crippen LogP contribution is 2.16. The highest BCUT2D eigenvalue weighted by molar-refractivity contribution is 7.86. The molecule has 98 valence electrons. The molecule has 19 heavy (non-hydrogen) atoms. The number of hydrogen-bond donors (Lipinski definition) is 0. The van der Waals surface area contributed by atoms with E-state index < -0.39 is 10.1 Å². The summed E-state index contributed by atoms with van der Waals surface area (Å²) in [7, 11) is -3.78. The van der Waals surface area contributed by atoms with Crippen LogP contribution in [0.2, 0.25) is 0 Å². The van der Waals surface area contributed by atoms with Gasteiger partial charge in [0.15, 0.2) is 0 Å². The molecule has 0 fully saturated rings. The lowest BCUT2D eigenvalue weighted by Gasteiger charge is -2.08. The van der Waals surface area contributed by atoms with Crippen LogP contribution in [0.15, 0.2) is 54.6 Å². The molecule has 0 heterocycles. The molecular formula is C14H12O4S. The van der Waals surface area contributed by atoms with Gasteiger partial charge in [-0.25, -0.2) is 0 Å². The lowest BCUT2D eigenvalue weighted by molar-refractivity contribution is 0.112. The number of para-hydroxylation sites is 1. The summed E-state index contributed by atoms with van der Waals surface area (Å²) in [6, 6.07) is 14.8. The van der Waals surface area contributed by atoms with Gasteiger partial charge in [0.05, 0.1) is 0 Å². The fraction of sp³-hybridized carbons (Fsp3) is 0.0714. The Hall–Kier alpha value is -2.14. The van der Waals surface area contributed by atoms with Crippen molar-refractivity contribution in [1.29, 1.82) is 0 Å². The first kappa shape index (κ1) is 13.3. The second-order valence-electron chi connectivity index (χ2n) is 3.92. The van der Waals surface area contributed by atoms with E-state index in [1.807, 2.05) is 0 Å². The quantitative estimate of drug-likeness (QED) is 0.621. The average molecular weight is 276 g/mol. The van der Waals surface area contributed by atoms with Crippen molar-refractivity contribution in [3.8, 4) is 5.75 Å². The summed E-state index contributed by atoms with van der Waals surface area (Å²) >= 11 is 0. The first-order valence-electron chi connectivity index (χ1n) is 5.61. The zero-order chi connectivity index (χ0) is 13.7. The molecule has 0 aromatic heterocycles. The van der Waals surface area contributed by atoms with E-state index in [0.29, 0.717) is 17.4 Å². The number of benzene rings is 2. The van der Waals surface area contributed by atoms with Gasteiger partial charge in [0, 0.05) is 5.56 Å². The first-order valence-corrected chi connectivity index (χ1v) is 7.19. The van der Waals surface area contributed by atoms with Crippen molar-refractivity contribution in [3.05, 3.63) is 65.7 Å². The molecule has 0 spiro atoms. The summed E-state index contributed by atoms with van der Waals surface area (Å²) in [6.45, 7) is 0. The fourth-order valence-corrected chi connectivity index (χ4v) is 2.73. The molecule has 0 saturated carbocycles. The SMILES string of the molecule is O=Cc1ccccc1CS(=O)(=O)Oc1ccccc1. The third-order valence-corrected chi connectivity index (χ3v) is 3.59. The fourth-order valence-electron chi connectivity index (χ4n) is 1.62. The highest BCUT2D eigenvalue weighted by atomic mass is 32.2. The second kappa shape index (κ2) is 5.67. The van der Waals surface area contributed by atoms with E-state index in [1.165, 1.54) is 0 Å². The van der Waals surface area contributed by atoms with Crippen molar-refractivity contribution < 1.29 is 17.4 Å². The molecule has 0 aliphatic rings. The number of hydrogen-bond acceptors (Lipinski definition) is 4. The third kappa shape index (κ3) is 3.66. The van der Waals surface area contributed by atoms with Crippen LogP contribution in [0.1, 0.15) is 15.9 Å². The van der Waals surface area contributed by atoms with Gasteiger partial charge in [0.2, 0.25) is 0 Å².